The van der Waals surface area contributed by atoms with E-state index in [0.29, 0.717) is 0 Å². The Kier molecular flexibility index (Phi) is 2.62. The minimum atomic E-state index is 0.915. The molecule has 0 atom stereocenters. The Morgan fingerprint density at radius 2 is 2.31 bits per heavy atom. The van der Waals surface area contributed by atoms with Crippen molar-refractivity contribution in [1.82, 2.24) is 14.7 Å². The molecule has 3 nitrogen and oxygen atoms in total. The van der Waals surface area contributed by atoms with E-state index in [1.807, 2.05) is 24.4 Å². The van der Waals surface area contributed by atoms with Crippen molar-refractivity contribution in [3.05, 3.63) is 36.3 Å². The van der Waals surface area contributed by atoms with Gasteiger partial charge in [0.2, 0.25) is 0 Å². The van der Waals surface area contributed by atoms with Gasteiger partial charge in [0.1, 0.15) is 5.65 Å². The zero-order valence-electron chi connectivity index (χ0n) is 9.39. The van der Waals surface area contributed by atoms with Gasteiger partial charge in [-0.3, -0.25) is 0 Å². The second-order valence-electron chi connectivity index (χ2n) is 4.59. The van der Waals surface area contributed by atoms with Gasteiger partial charge in [0.25, 0.3) is 0 Å². The summed E-state index contributed by atoms with van der Waals surface area (Å²) in [6.45, 7) is 2.04. The Labute approximate surface area is 95.5 Å². The summed E-state index contributed by atoms with van der Waals surface area (Å²) < 4.78 is 2.14. The molecule has 0 amide bonds. The molecule has 2 heterocycles. The summed E-state index contributed by atoms with van der Waals surface area (Å²) in [5.41, 5.74) is 2.27. The van der Waals surface area contributed by atoms with E-state index < -0.39 is 0 Å². The van der Waals surface area contributed by atoms with Crippen LogP contribution in [0.15, 0.2) is 30.6 Å². The van der Waals surface area contributed by atoms with Crippen LogP contribution in [0.4, 0.5) is 0 Å². The number of fused-ring (bicyclic) bond motifs is 1. The molecule has 3 rings (SSSR count). The monoisotopic (exact) mass is 215 g/mol. The molecule has 1 saturated carbocycles. The highest BCUT2D eigenvalue weighted by atomic mass is 15.0. The number of imidazole rings is 1. The first-order chi connectivity index (χ1) is 7.93. The highest BCUT2D eigenvalue weighted by Crippen LogP contribution is 2.31. The molecule has 0 radical (unpaired) electrons. The van der Waals surface area contributed by atoms with Crippen LogP contribution in [0.3, 0.4) is 0 Å². The fraction of sp³-hybridized carbons (Fsp3) is 0.462. The first-order valence-corrected chi connectivity index (χ1v) is 6.05. The van der Waals surface area contributed by atoms with Crippen LogP contribution < -0.4 is 5.32 Å². The Morgan fingerprint density at radius 1 is 1.38 bits per heavy atom. The van der Waals surface area contributed by atoms with Gasteiger partial charge in [0.05, 0.1) is 11.9 Å². The molecule has 84 valence electrons. The number of rotatable bonds is 5. The smallest absolute Gasteiger partial charge is 0.136 e. The van der Waals surface area contributed by atoms with Crippen molar-refractivity contribution < 1.29 is 0 Å². The van der Waals surface area contributed by atoms with E-state index >= 15 is 0 Å². The summed E-state index contributed by atoms with van der Waals surface area (Å²) in [7, 11) is 0. The lowest BCUT2D eigenvalue weighted by Crippen LogP contribution is -2.16. The summed E-state index contributed by atoms with van der Waals surface area (Å²) >= 11 is 0. The van der Waals surface area contributed by atoms with Crippen molar-refractivity contribution in [2.75, 3.05) is 6.54 Å². The molecular weight excluding hydrogens is 198 g/mol. The van der Waals surface area contributed by atoms with Gasteiger partial charge in [0.15, 0.2) is 0 Å². The molecular formula is C13H17N3. The molecule has 0 aliphatic heterocycles. The van der Waals surface area contributed by atoms with Crippen molar-refractivity contribution in [2.24, 2.45) is 5.92 Å². The van der Waals surface area contributed by atoms with E-state index in [4.69, 9.17) is 0 Å². The van der Waals surface area contributed by atoms with Crippen molar-refractivity contribution >= 4 is 5.65 Å². The first kappa shape index (κ1) is 9.85. The Balaban J connectivity index is 1.60. The van der Waals surface area contributed by atoms with Crippen molar-refractivity contribution in [1.29, 1.82) is 0 Å². The largest absolute Gasteiger partial charge is 0.311 e. The van der Waals surface area contributed by atoms with Gasteiger partial charge < -0.3 is 9.72 Å². The van der Waals surface area contributed by atoms with Crippen LogP contribution in [-0.4, -0.2) is 15.9 Å². The Bertz CT molecular complexity index is 471. The molecule has 1 N–H and O–H groups in total. The van der Waals surface area contributed by atoms with Crippen LogP contribution in [0, 0.1) is 5.92 Å². The van der Waals surface area contributed by atoms with Gasteiger partial charge in [-0.1, -0.05) is 18.9 Å². The molecule has 2 aromatic heterocycles. The highest BCUT2D eigenvalue weighted by Gasteiger charge is 2.19. The molecule has 0 spiro atoms. The van der Waals surface area contributed by atoms with Gasteiger partial charge in [-0.25, -0.2) is 4.98 Å². The predicted octanol–water partition coefficient (Wildman–Crippen LogP) is 2.22. The third kappa shape index (κ3) is 2.09. The summed E-state index contributed by atoms with van der Waals surface area (Å²) in [5.74, 6) is 1.01. The van der Waals surface area contributed by atoms with E-state index in [9.17, 15) is 0 Å². The third-order valence-electron chi connectivity index (χ3n) is 3.23. The maximum Gasteiger partial charge on any atom is 0.136 e. The zero-order chi connectivity index (χ0) is 10.8. The number of hydrogen-bond acceptors (Lipinski definition) is 2. The topological polar surface area (TPSA) is 29.3 Å². The molecule has 3 heteroatoms. The van der Waals surface area contributed by atoms with Gasteiger partial charge in [-0.05, 0) is 31.0 Å². The minimum absolute atomic E-state index is 0.915. The van der Waals surface area contributed by atoms with Gasteiger partial charge in [0, 0.05) is 12.7 Å². The van der Waals surface area contributed by atoms with Gasteiger partial charge in [-0.15, -0.1) is 0 Å². The average molecular weight is 215 g/mol. The highest BCUT2D eigenvalue weighted by molar-refractivity contribution is 5.39. The maximum atomic E-state index is 4.37. The summed E-state index contributed by atoms with van der Waals surface area (Å²) in [6.07, 6.45) is 8.24. The fourth-order valence-electron chi connectivity index (χ4n) is 2.04. The van der Waals surface area contributed by atoms with E-state index in [1.54, 1.807) is 0 Å². The van der Waals surface area contributed by atoms with Crippen molar-refractivity contribution in [3.8, 4) is 0 Å². The third-order valence-corrected chi connectivity index (χ3v) is 3.23. The number of pyridine rings is 1. The maximum absolute atomic E-state index is 4.37. The average Bonchev–Trinajstić information content (AvgIpc) is 3.05. The van der Waals surface area contributed by atoms with Crippen LogP contribution in [-0.2, 0) is 6.54 Å². The van der Waals surface area contributed by atoms with Crippen LogP contribution in [0.2, 0.25) is 0 Å². The summed E-state index contributed by atoms with van der Waals surface area (Å²) in [6, 6.07) is 6.10. The van der Waals surface area contributed by atoms with Crippen LogP contribution in [0.1, 0.15) is 25.0 Å². The van der Waals surface area contributed by atoms with Crippen LogP contribution in [0.5, 0.6) is 0 Å². The number of hydrogen-bond donors (Lipinski definition) is 1. The van der Waals surface area contributed by atoms with E-state index in [2.05, 4.69) is 20.9 Å². The minimum Gasteiger partial charge on any atom is -0.311 e. The molecule has 0 aromatic carbocycles. The van der Waals surface area contributed by atoms with E-state index in [0.717, 1.165) is 24.7 Å². The zero-order valence-corrected chi connectivity index (χ0v) is 9.39. The Morgan fingerprint density at radius 3 is 3.19 bits per heavy atom. The molecule has 1 aliphatic rings. The number of nitrogens with one attached hydrogen (secondary N) is 1. The molecule has 0 saturated heterocycles. The van der Waals surface area contributed by atoms with Crippen LogP contribution >= 0.6 is 0 Å². The van der Waals surface area contributed by atoms with Gasteiger partial charge in [-0.2, -0.15) is 0 Å². The summed E-state index contributed by atoms with van der Waals surface area (Å²) in [4.78, 5) is 4.37. The number of aromatic nitrogens is 2. The molecule has 0 bridgehead atoms. The normalized spacial score (nSPS) is 15.8. The molecule has 16 heavy (non-hydrogen) atoms. The fourth-order valence-corrected chi connectivity index (χ4v) is 2.04. The lowest BCUT2D eigenvalue weighted by Gasteiger charge is -2.03. The molecule has 0 unspecified atom stereocenters. The van der Waals surface area contributed by atoms with Gasteiger partial charge >= 0.3 is 0 Å². The lowest BCUT2D eigenvalue weighted by atomic mass is 10.3. The predicted molar refractivity (Wildman–Crippen MR) is 64.2 cm³/mol. The first-order valence-electron chi connectivity index (χ1n) is 6.05. The van der Waals surface area contributed by atoms with Crippen LogP contribution in [0.25, 0.3) is 5.65 Å². The SMILES string of the molecule is c1ccn2c(CNCCC3CC3)cnc2c1. The summed E-state index contributed by atoms with van der Waals surface area (Å²) in [5, 5.41) is 3.49. The van der Waals surface area contributed by atoms with Crippen molar-refractivity contribution in [2.45, 2.75) is 25.8 Å². The second kappa shape index (κ2) is 4.26. The Hall–Kier alpha value is -1.35. The van der Waals surface area contributed by atoms with Crippen molar-refractivity contribution in [3.63, 3.8) is 0 Å². The second-order valence-corrected chi connectivity index (χ2v) is 4.59. The quantitative estimate of drug-likeness (QED) is 0.775. The number of nitrogens with zero attached hydrogens (tertiary/aromatic N) is 2. The molecule has 2 aromatic rings. The lowest BCUT2D eigenvalue weighted by molar-refractivity contribution is 0.605. The standard InChI is InChI=1S/C13H17N3/c1-2-8-16-12(10-15-13(16)3-1)9-14-7-6-11-4-5-11/h1-3,8,10-11,14H,4-7,9H2. The van der Waals surface area contributed by atoms with E-state index in [-0.39, 0.29) is 0 Å². The molecule has 1 aliphatic carbocycles. The van der Waals surface area contributed by atoms with E-state index in [1.165, 1.54) is 25.0 Å². The molecule has 1 fully saturated rings.